The molecule has 2 N–H and O–H groups in total. The lowest BCUT2D eigenvalue weighted by Gasteiger charge is -1.95. The van der Waals surface area contributed by atoms with Gasteiger partial charge in [0.1, 0.15) is 0 Å². The van der Waals surface area contributed by atoms with Crippen molar-refractivity contribution in [2.45, 2.75) is 20.0 Å². The van der Waals surface area contributed by atoms with Gasteiger partial charge in [-0.2, -0.15) is 0 Å². The molecule has 68 valence electrons. The fourth-order valence-electron chi connectivity index (χ4n) is 1.74. The van der Waals surface area contributed by atoms with Gasteiger partial charge in [0.25, 0.3) is 0 Å². The van der Waals surface area contributed by atoms with Gasteiger partial charge in [0.05, 0.1) is 6.61 Å². The molecule has 0 radical (unpaired) electrons. The smallest absolute Gasteiger partial charge is 0.0705 e. The summed E-state index contributed by atoms with van der Waals surface area (Å²) in [6.45, 7) is 2.21. The fraction of sp³-hybridized carbons (Fsp3) is 0.273. The van der Waals surface area contributed by atoms with Gasteiger partial charge in [-0.25, -0.2) is 0 Å². The summed E-state index contributed by atoms with van der Waals surface area (Å²) in [5, 5.41) is 10.4. The molecule has 2 heteroatoms. The fourth-order valence-corrected chi connectivity index (χ4v) is 1.74. The highest BCUT2D eigenvalue weighted by molar-refractivity contribution is 5.84. The Bertz CT molecular complexity index is 417. The number of rotatable bonds is 2. The van der Waals surface area contributed by atoms with Crippen LogP contribution in [-0.4, -0.2) is 10.1 Å². The number of aliphatic hydroxyl groups is 1. The molecule has 0 fully saturated rings. The lowest BCUT2D eigenvalue weighted by atomic mass is 10.1. The average Bonchev–Trinajstić information content (AvgIpc) is 2.55. The minimum absolute atomic E-state index is 0.118. The summed E-state index contributed by atoms with van der Waals surface area (Å²) in [6.07, 6.45) is 0.935. The van der Waals surface area contributed by atoms with Gasteiger partial charge in [0.15, 0.2) is 0 Å². The highest BCUT2D eigenvalue weighted by Gasteiger charge is 2.07. The van der Waals surface area contributed by atoms with E-state index in [1.54, 1.807) is 0 Å². The van der Waals surface area contributed by atoms with Crippen molar-refractivity contribution in [2.24, 2.45) is 0 Å². The van der Waals surface area contributed by atoms with E-state index in [9.17, 15) is 5.11 Å². The van der Waals surface area contributed by atoms with Crippen molar-refractivity contribution in [3.63, 3.8) is 0 Å². The molecule has 0 aliphatic rings. The van der Waals surface area contributed by atoms with Gasteiger partial charge in [-0.15, -0.1) is 0 Å². The van der Waals surface area contributed by atoms with Crippen molar-refractivity contribution in [2.75, 3.05) is 0 Å². The predicted molar refractivity (Wildman–Crippen MR) is 53.6 cm³/mol. The number of hydrogen-bond acceptors (Lipinski definition) is 1. The zero-order chi connectivity index (χ0) is 9.26. The Balaban J connectivity index is 2.73. The van der Waals surface area contributed by atoms with E-state index >= 15 is 0 Å². The van der Waals surface area contributed by atoms with Crippen LogP contribution in [0, 0.1) is 0 Å². The van der Waals surface area contributed by atoms with Crippen LogP contribution >= 0.6 is 0 Å². The average molecular weight is 175 g/mol. The molecular formula is C11H13NO. The first-order valence-corrected chi connectivity index (χ1v) is 4.56. The second-order valence-electron chi connectivity index (χ2n) is 3.14. The summed E-state index contributed by atoms with van der Waals surface area (Å²) in [7, 11) is 0. The van der Waals surface area contributed by atoms with Gasteiger partial charge < -0.3 is 10.1 Å². The Morgan fingerprint density at radius 1 is 1.31 bits per heavy atom. The lowest BCUT2D eigenvalue weighted by molar-refractivity contribution is 0.282. The summed E-state index contributed by atoms with van der Waals surface area (Å²) in [4.78, 5) is 3.30. The maximum absolute atomic E-state index is 9.22. The molecule has 0 unspecified atom stereocenters. The molecule has 0 aliphatic carbocycles. The highest BCUT2D eigenvalue weighted by atomic mass is 16.3. The Kier molecular flexibility index (Phi) is 2.07. The summed E-state index contributed by atoms with van der Waals surface area (Å²) in [5.41, 5.74) is 3.30. The highest BCUT2D eigenvalue weighted by Crippen LogP contribution is 2.22. The molecule has 0 saturated heterocycles. The second-order valence-corrected chi connectivity index (χ2v) is 3.14. The number of fused-ring (bicyclic) bond motifs is 1. The van der Waals surface area contributed by atoms with Crippen LogP contribution in [0.3, 0.4) is 0 Å². The molecular weight excluding hydrogens is 162 g/mol. The topological polar surface area (TPSA) is 36.0 Å². The first-order chi connectivity index (χ1) is 6.36. The van der Waals surface area contributed by atoms with Crippen molar-refractivity contribution in [1.82, 2.24) is 4.98 Å². The van der Waals surface area contributed by atoms with Crippen LogP contribution in [-0.2, 0) is 13.0 Å². The monoisotopic (exact) mass is 175 g/mol. The number of aliphatic hydroxyl groups excluding tert-OH is 1. The number of nitrogens with one attached hydrogen (secondary N) is 1. The van der Waals surface area contributed by atoms with Crippen molar-refractivity contribution < 1.29 is 5.11 Å². The quantitative estimate of drug-likeness (QED) is 0.721. The van der Waals surface area contributed by atoms with E-state index in [-0.39, 0.29) is 6.61 Å². The zero-order valence-electron chi connectivity index (χ0n) is 7.67. The van der Waals surface area contributed by atoms with Crippen molar-refractivity contribution in [3.05, 3.63) is 35.5 Å². The summed E-state index contributed by atoms with van der Waals surface area (Å²) in [5.74, 6) is 0. The Morgan fingerprint density at radius 2 is 2.08 bits per heavy atom. The van der Waals surface area contributed by atoms with Gasteiger partial charge in [-0.05, 0) is 12.5 Å². The first kappa shape index (κ1) is 8.32. The van der Waals surface area contributed by atoms with Gasteiger partial charge in [0, 0.05) is 22.2 Å². The number of aromatic nitrogens is 1. The maximum atomic E-state index is 9.22. The van der Waals surface area contributed by atoms with Gasteiger partial charge >= 0.3 is 0 Å². The maximum Gasteiger partial charge on any atom is 0.0705 e. The molecule has 2 rings (SSSR count). The molecule has 2 nitrogen and oxygen atoms in total. The van der Waals surface area contributed by atoms with Crippen LogP contribution in [0.4, 0.5) is 0 Å². The Labute approximate surface area is 77.2 Å². The van der Waals surface area contributed by atoms with E-state index in [1.165, 1.54) is 0 Å². The van der Waals surface area contributed by atoms with Crippen LogP contribution in [0.5, 0.6) is 0 Å². The molecule has 1 heterocycles. The molecule has 0 spiro atoms. The number of aromatic amines is 1. The molecule has 1 aromatic heterocycles. The Hall–Kier alpha value is -1.28. The van der Waals surface area contributed by atoms with Gasteiger partial charge in [0.2, 0.25) is 0 Å². The van der Waals surface area contributed by atoms with Crippen molar-refractivity contribution >= 4 is 10.9 Å². The number of hydrogen-bond donors (Lipinski definition) is 2. The Morgan fingerprint density at radius 3 is 2.77 bits per heavy atom. The zero-order valence-corrected chi connectivity index (χ0v) is 7.67. The normalized spacial score (nSPS) is 10.9. The summed E-state index contributed by atoms with van der Waals surface area (Å²) >= 11 is 0. The van der Waals surface area contributed by atoms with E-state index < -0.39 is 0 Å². The summed E-state index contributed by atoms with van der Waals surface area (Å²) < 4.78 is 0. The van der Waals surface area contributed by atoms with E-state index in [4.69, 9.17) is 0 Å². The molecule has 0 aliphatic heterocycles. The lowest BCUT2D eigenvalue weighted by Crippen LogP contribution is -1.88. The van der Waals surface area contributed by atoms with E-state index in [0.29, 0.717) is 0 Å². The molecule has 0 saturated carbocycles. The first-order valence-electron chi connectivity index (χ1n) is 4.56. The van der Waals surface area contributed by atoms with E-state index in [0.717, 1.165) is 28.6 Å². The van der Waals surface area contributed by atoms with Crippen molar-refractivity contribution in [3.8, 4) is 0 Å². The second kappa shape index (κ2) is 3.23. The van der Waals surface area contributed by atoms with Crippen LogP contribution in [0.1, 0.15) is 18.2 Å². The molecule has 0 bridgehead atoms. The summed E-state index contributed by atoms with van der Waals surface area (Å²) in [6, 6.07) is 8.07. The van der Waals surface area contributed by atoms with Crippen LogP contribution in [0.25, 0.3) is 10.9 Å². The van der Waals surface area contributed by atoms with E-state index in [1.807, 2.05) is 24.3 Å². The standard InChI is InChI=1S/C11H13NO/c1-2-10-9(7-13)8-5-3-4-6-11(8)12-10/h3-6,12-13H,2,7H2,1H3. The number of aryl methyl sites for hydroxylation is 1. The van der Waals surface area contributed by atoms with E-state index in [2.05, 4.69) is 11.9 Å². The minimum Gasteiger partial charge on any atom is -0.392 e. The number of benzene rings is 1. The minimum atomic E-state index is 0.118. The van der Waals surface area contributed by atoms with Crippen LogP contribution in [0.15, 0.2) is 24.3 Å². The van der Waals surface area contributed by atoms with Crippen LogP contribution < -0.4 is 0 Å². The predicted octanol–water partition coefficient (Wildman–Crippen LogP) is 2.22. The third-order valence-electron chi connectivity index (χ3n) is 2.41. The molecule has 1 aromatic carbocycles. The SMILES string of the molecule is CCc1[nH]c2ccccc2c1CO. The van der Waals surface area contributed by atoms with Crippen molar-refractivity contribution in [1.29, 1.82) is 0 Å². The van der Waals surface area contributed by atoms with Gasteiger partial charge in [-0.1, -0.05) is 25.1 Å². The van der Waals surface area contributed by atoms with Crippen LogP contribution in [0.2, 0.25) is 0 Å². The third-order valence-corrected chi connectivity index (χ3v) is 2.41. The largest absolute Gasteiger partial charge is 0.392 e. The molecule has 0 atom stereocenters. The molecule has 2 aromatic rings. The van der Waals surface area contributed by atoms with Gasteiger partial charge in [-0.3, -0.25) is 0 Å². The molecule has 0 amide bonds. The number of H-pyrrole nitrogens is 1. The third kappa shape index (κ3) is 1.23. The number of para-hydroxylation sites is 1. The molecule has 13 heavy (non-hydrogen) atoms.